The zero-order valence-corrected chi connectivity index (χ0v) is 11.7. The lowest BCUT2D eigenvalue weighted by Gasteiger charge is -2.09. The standard InChI is InChI=1S/C13H19ClN2O3/c1-10(9-17)3-2-6-15-8-11-7-12(16(18)19)4-5-13(11)14/h4-5,7,10,15,17H,2-3,6,8-9H2,1H3. The Hall–Kier alpha value is -1.17. The summed E-state index contributed by atoms with van der Waals surface area (Å²) in [5.41, 5.74) is 0.779. The van der Waals surface area contributed by atoms with Crippen LogP contribution in [-0.4, -0.2) is 23.2 Å². The van der Waals surface area contributed by atoms with Crippen molar-refractivity contribution in [1.82, 2.24) is 5.32 Å². The van der Waals surface area contributed by atoms with Crippen molar-refractivity contribution in [3.05, 3.63) is 38.9 Å². The second-order valence-electron chi connectivity index (χ2n) is 4.64. The maximum atomic E-state index is 10.7. The molecule has 6 heteroatoms. The summed E-state index contributed by atoms with van der Waals surface area (Å²) < 4.78 is 0. The molecule has 1 aromatic carbocycles. The molecule has 0 amide bonds. The smallest absolute Gasteiger partial charge is 0.269 e. The van der Waals surface area contributed by atoms with Crippen molar-refractivity contribution in [2.24, 2.45) is 5.92 Å². The number of halogens is 1. The van der Waals surface area contributed by atoms with Crippen molar-refractivity contribution >= 4 is 17.3 Å². The van der Waals surface area contributed by atoms with Gasteiger partial charge in [0.2, 0.25) is 0 Å². The summed E-state index contributed by atoms with van der Waals surface area (Å²) in [5.74, 6) is 0.309. The molecule has 0 saturated heterocycles. The van der Waals surface area contributed by atoms with Crippen molar-refractivity contribution in [1.29, 1.82) is 0 Å². The fourth-order valence-corrected chi connectivity index (χ4v) is 1.88. The van der Waals surface area contributed by atoms with Gasteiger partial charge in [0, 0.05) is 30.3 Å². The van der Waals surface area contributed by atoms with E-state index in [2.05, 4.69) is 5.32 Å². The van der Waals surface area contributed by atoms with E-state index in [1.54, 1.807) is 6.07 Å². The van der Waals surface area contributed by atoms with Crippen LogP contribution in [0.3, 0.4) is 0 Å². The number of benzene rings is 1. The van der Waals surface area contributed by atoms with E-state index in [9.17, 15) is 10.1 Å². The fraction of sp³-hybridized carbons (Fsp3) is 0.538. The van der Waals surface area contributed by atoms with E-state index in [1.807, 2.05) is 6.92 Å². The molecule has 0 fully saturated rings. The number of nitrogens with zero attached hydrogens (tertiary/aromatic N) is 1. The minimum Gasteiger partial charge on any atom is -0.396 e. The Balaban J connectivity index is 2.40. The summed E-state index contributed by atoms with van der Waals surface area (Å²) in [4.78, 5) is 10.2. The van der Waals surface area contributed by atoms with Crippen LogP contribution in [0.1, 0.15) is 25.3 Å². The maximum Gasteiger partial charge on any atom is 0.269 e. The summed E-state index contributed by atoms with van der Waals surface area (Å²) in [7, 11) is 0. The van der Waals surface area contributed by atoms with Crippen molar-refractivity contribution in [2.75, 3.05) is 13.2 Å². The number of non-ortho nitro benzene ring substituents is 1. The Bertz CT molecular complexity index is 426. The first-order valence-electron chi connectivity index (χ1n) is 6.29. The Morgan fingerprint density at radius 1 is 1.53 bits per heavy atom. The van der Waals surface area contributed by atoms with Crippen LogP contribution in [0.5, 0.6) is 0 Å². The third-order valence-electron chi connectivity index (χ3n) is 2.92. The fourth-order valence-electron chi connectivity index (χ4n) is 1.70. The van der Waals surface area contributed by atoms with Gasteiger partial charge in [-0.15, -0.1) is 0 Å². The molecule has 19 heavy (non-hydrogen) atoms. The first kappa shape index (κ1) is 15.9. The minimum absolute atomic E-state index is 0.0510. The molecule has 0 spiro atoms. The van der Waals surface area contributed by atoms with Gasteiger partial charge in [-0.1, -0.05) is 18.5 Å². The van der Waals surface area contributed by atoms with Gasteiger partial charge in [0.1, 0.15) is 0 Å². The normalized spacial score (nSPS) is 12.4. The molecule has 0 radical (unpaired) electrons. The van der Waals surface area contributed by atoms with Crippen LogP contribution in [0.2, 0.25) is 5.02 Å². The van der Waals surface area contributed by atoms with E-state index in [0.29, 0.717) is 17.5 Å². The average Bonchev–Trinajstić information content (AvgIpc) is 2.39. The zero-order chi connectivity index (χ0) is 14.3. The van der Waals surface area contributed by atoms with Gasteiger partial charge in [0.25, 0.3) is 5.69 Å². The van der Waals surface area contributed by atoms with E-state index < -0.39 is 4.92 Å². The molecule has 1 aromatic rings. The highest BCUT2D eigenvalue weighted by atomic mass is 35.5. The summed E-state index contributed by atoms with van der Waals surface area (Å²) in [6.07, 6.45) is 1.90. The molecule has 0 aliphatic carbocycles. The van der Waals surface area contributed by atoms with Gasteiger partial charge in [-0.25, -0.2) is 0 Å². The van der Waals surface area contributed by atoms with Crippen LogP contribution in [0, 0.1) is 16.0 Å². The summed E-state index contributed by atoms with van der Waals surface area (Å²) in [5, 5.41) is 23.3. The van der Waals surface area contributed by atoms with Crippen molar-refractivity contribution < 1.29 is 10.0 Å². The number of nitro groups is 1. The van der Waals surface area contributed by atoms with Crippen LogP contribution in [-0.2, 0) is 6.54 Å². The van der Waals surface area contributed by atoms with Gasteiger partial charge < -0.3 is 10.4 Å². The first-order valence-corrected chi connectivity index (χ1v) is 6.66. The average molecular weight is 287 g/mol. The molecular formula is C13H19ClN2O3. The highest BCUT2D eigenvalue weighted by Crippen LogP contribution is 2.21. The van der Waals surface area contributed by atoms with E-state index >= 15 is 0 Å². The molecule has 0 saturated carbocycles. The van der Waals surface area contributed by atoms with Gasteiger partial charge in [-0.05, 0) is 36.9 Å². The molecule has 0 heterocycles. The lowest BCUT2D eigenvalue weighted by atomic mass is 10.1. The largest absolute Gasteiger partial charge is 0.396 e. The third kappa shape index (κ3) is 5.55. The maximum absolute atomic E-state index is 10.7. The van der Waals surface area contributed by atoms with E-state index in [4.69, 9.17) is 16.7 Å². The molecule has 1 unspecified atom stereocenters. The number of rotatable bonds is 8. The SMILES string of the molecule is CC(CO)CCCNCc1cc([N+](=O)[O-])ccc1Cl. The number of hydrogen-bond acceptors (Lipinski definition) is 4. The molecule has 0 aliphatic heterocycles. The van der Waals surface area contributed by atoms with Gasteiger partial charge in [0.15, 0.2) is 0 Å². The highest BCUT2D eigenvalue weighted by molar-refractivity contribution is 6.31. The highest BCUT2D eigenvalue weighted by Gasteiger charge is 2.09. The molecular weight excluding hydrogens is 268 g/mol. The van der Waals surface area contributed by atoms with Crippen LogP contribution < -0.4 is 5.32 Å². The Morgan fingerprint density at radius 3 is 2.89 bits per heavy atom. The second kappa shape index (κ2) is 8.09. The lowest BCUT2D eigenvalue weighted by Crippen LogP contribution is -2.16. The molecule has 106 valence electrons. The third-order valence-corrected chi connectivity index (χ3v) is 3.29. The Labute approximate surface area is 117 Å². The molecule has 0 aromatic heterocycles. The van der Waals surface area contributed by atoms with Gasteiger partial charge in [0.05, 0.1) is 4.92 Å². The topological polar surface area (TPSA) is 75.4 Å². The second-order valence-corrected chi connectivity index (χ2v) is 5.05. The monoisotopic (exact) mass is 286 g/mol. The number of aliphatic hydroxyl groups is 1. The van der Waals surface area contributed by atoms with Crippen molar-refractivity contribution in [2.45, 2.75) is 26.3 Å². The van der Waals surface area contributed by atoms with Crippen LogP contribution >= 0.6 is 11.6 Å². The van der Waals surface area contributed by atoms with Crippen molar-refractivity contribution in [3.63, 3.8) is 0 Å². The first-order chi connectivity index (χ1) is 9.04. The Kier molecular flexibility index (Phi) is 6.77. The molecule has 2 N–H and O–H groups in total. The summed E-state index contributed by atoms with van der Waals surface area (Å²) in [6, 6.07) is 4.44. The van der Waals surface area contributed by atoms with E-state index in [0.717, 1.165) is 24.9 Å². The predicted octanol–water partition coefficient (Wildman–Crippen LogP) is 2.75. The lowest BCUT2D eigenvalue weighted by molar-refractivity contribution is -0.384. The van der Waals surface area contributed by atoms with E-state index in [-0.39, 0.29) is 12.3 Å². The molecule has 5 nitrogen and oxygen atoms in total. The molecule has 0 aliphatic rings. The quantitative estimate of drug-likeness (QED) is 0.438. The number of aliphatic hydroxyl groups excluding tert-OH is 1. The number of hydrogen-bond donors (Lipinski definition) is 2. The van der Waals surface area contributed by atoms with Crippen LogP contribution in [0.25, 0.3) is 0 Å². The Morgan fingerprint density at radius 2 is 2.26 bits per heavy atom. The summed E-state index contributed by atoms with van der Waals surface area (Å²) in [6.45, 7) is 3.51. The van der Waals surface area contributed by atoms with Gasteiger partial charge in [-0.2, -0.15) is 0 Å². The van der Waals surface area contributed by atoms with Crippen LogP contribution in [0.15, 0.2) is 18.2 Å². The van der Waals surface area contributed by atoms with Crippen LogP contribution in [0.4, 0.5) is 5.69 Å². The molecule has 1 atom stereocenters. The number of nitrogens with one attached hydrogen (secondary N) is 1. The molecule has 1 rings (SSSR count). The van der Waals surface area contributed by atoms with E-state index in [1.165, 1.54) is 12.1 Å². The minimum atomic E-state index is -0.428. The van der Waals surface area contributed by atoms with Crippen molar-refractivity contribution in [3.8, 4) is 0 Å². The molecule has 0 bridgehead atoms. The predicted molar refractivity (Wildman–Crippen MR) is 75.3 cm³/mol. The summed E-state index contributed by atoms with van der Waals surface area (Å²) >= 11 is 5.99. The number of nitro benzene ring substituents is 1. The van der Waals surface area contributed by atoms with Gasteiger partial charge in [-0.3, -0.25) is 10.1 Å². The van der Waals surface area contributed by atoms with Gasteiger partial charge >= 0.3 is 0 Å². The zero-order valence-electron chi connectivity index (χ0n) is 10.9.